The van der Waals surface area contributed by atoms with Crippen LogP contribution in [0.15, 0.2) is 18.2 Å². The summed E-state index contributed by atoms with van der Waals surface area (Å²) in [4.78, 5) is 0. The van der Waals surface area contributed by atoms with Gasteiger partial charge in [-0.15, -0.1) is 0 Å². The molecule has 0 spiro atoms. The van der Waals surface area contributed by atoms with Gasteiger partial charge in [-0.2, -0.15) is 13.2 Å². The molecule has 18 heavy (non-hydrogen) atoms. The molecule has 1 nitrogen and oxygen atoms in total. The lowest BCUT2D eigenvalue weighted by Gasteiger charge is -2.14. The highest BCUT2D eigenvalue weighted by Crippen LogP contribution is 2.32. The van der Waals surface area contributed by atoms with Gasteiger partial charge in [0.15, 0.2) is 0 Å². The van der Waals surface area contributed by atoms with E-state index >= 15 is 0 Å². The lowest BCUT2D eigenvalue weighted by atomic mass is 10.0. The van der Waals surface area contributed by atoms with Crippen LogP contribution < -0.4 is 0 Å². The number of alkyl halides is 3. The van der Waals surface area contributed by atoms with Gasteiger partial charge >= 0.3 is 6.18 Å². The first-order valence-electron chi connectivity index (χ1n) is 5.91. The van der Waals surface area contributed by atoms with E-state index in [1.165, 1.54) is 0 Å². The molecule has 0 aliphatic carbocycles. The smallest absolute Gasteiger partial charge is 0.388 e. The summed E-state index contributed by atoms with van der Waals surface area (Å²) in [6.45, 7) is 1.97. The molecule has 0 aliphatic heterocycles. The third kappa shape index (κ3) is 3.98. The molecular weight excluding hydrogens is 248 g/mol. The highest BCUT2D eigenvalue weighted by Gasteiger charge is 2.31. The predicted molar refractivity (Wildman–Crippen MR) is 60.5 cm³/mol. The van der Waals surface area contributed by atoms with Crippen molar-refractivity contribution in [2.75, 3.05) is 0 Å². The highest BCUT2D eigenvalue weighted by atomic mass is 19.4. The molecule has 0 aromatic heterocycles. The van der Waals surface area contributed by atoms with Crippen molar-refractivity contribution in [3.8, 4) is 0 Å². The van der Waals surface area contributed by atoms with Gasteiger partial charge in [-0.3, -0.25) is 0 Å². The van der Waals surface area contributed by atoms with E-state index in [0.717, 1.165) is 18.9 Å². The minimum atomic E-state index is -4.52. The van der Waals surface area contributed by atoms with Gasteiger partial charge in [0.1, 0.15) is 5.82 Å². The lowest BCUT2D eigenvalue weighted by Crippen LogP contribution is -2.08. The normalized spacial score (nSPS) is 13.7. The quantitative estimate of drug-likeness (QED) is 0.615. The van der Waals surface area contributed by atoms with Gasteiger partial charge in [0.2, 0.25) is 0 Å². The Bertz CT molecular complexity index is 387. The summed E-state index contributed by atoms with van der Waals surface area (Å²) in [7, 11) is 0. The van der Waals surface area contributed by atoms with Gasteiger partial charge < -0.3 is 5.11 Å². The average Bonchev–Trinajstić information content (AvgIpc) is 2.28. The van der Waals surface area contributed by atoms with E-state index in [-0.39, 0.29) is 12.0 Å². The Labute approximate surface area is 103 Å². The molecule has 0 heterocycles. The number of benzene rings is 1. The molecule has 1 aromatic carbocycles. The monoisotopic (exact) mass is 264 g/mol. The number of hydrogen-bond donors (Lipinski definition) is 1. The second-order valence-corrected chi connectivity index (χ2v) is 4.25. The van der Waals surface area contributed by atoms with Crippen LogP contribution in [0.1, 0.15) is 49.8 Å². The Balaban J connectivity index is 2.86. The van der Waals surface area contributed by atoms with Crippen molar-refractivity contribution < 1.29 is 22.7 Å². The molecule has 0 radical (unpaired) electrons. The van der Waals surface area contributed by atoms with Crippen LogP contribution in [-0.2, 0) is 6.18 Å². The van der Waals surface area contributed by atoms with Gasteiger partial charge in [-0.05, 0) is 24.6 Å². The molecule has 102 valence electrons. The van der Waals surface area contributed by atoms with Gasteiger partial charge in [0.25, 0.3) is 0 Å². The fourth-order valence-corrected chi connectivity index (χ4v) is 1.72. The van der Waals surface area contributed by atoms with E-state index in [9.17, 15) is 22.7 Å². The van der Waals surface area contributed by atoms with Crippen LogP contribution in [0, 0.1) is 5.82 Å². The summed E-state index contributed by atoms with van der Waals surface area (Å²) in [5.41, 5.74) is -1.21. The molecule has 0 saturated carbocycles. The SMILES string of the molecule is CCCCCC(O)c1cc(C(F)(F)F)ccc1F. The second-order valence-electron chi connectivity index (χ2n) is 4.25. The predicted octanol–water partition coefficient (Wildman–Crippen LogP) is 4.46. The zero-order chi connectivity index (χ0) is 13.8. The maximum absolute atomic E-state index is 13.4. The zero-order valence-electron chi connectivity index (χ0n) is 10.1. The fourth-order valence-electron chi connectivity index (χ4n) is 1.72. The van der Waals surface area contributed by atoms with Crippen molar-refractivity contribution in [1.82, 2.24) is 0 Å². The van der Waals surface area contributed by atoms with Gasteiger partial charge in [-0.1, -0.05) is 26.2 Å². The molecule has 0 saturated heterocycles. The molecule has 1 unspecified atom stereocenters. The fraction of sp³-hybridized carbons (Fsp3) is 0.538. The number of rotatable bonds is 5. The summed E-state index contributed by atoms with van der Waals surface area (Å²) in [6, 6.07) is 2.12. The maximum Gasteiger partial charge on any atom is 0.416 e. The third-order valence-electron chi connectivity index (χ3n) is 2.76. The van der Waals surface area contributed by atoms with E-state index < -0.39 is 23.7 Å². The molecule has 1 atom stereocenters. The van der Waals surface area contributed by atoms with Crippen molar-refractivity contribution in [2.45, 2.75) is 44.9 Å². The Morgan fingerprint density at radius 3 is 2.44 bits per heavy atom. The topological polar surface area (TPSA) is 20.2 Å². The highest BCUT2D eigenvalue weighted by molar-refractivity contribution is 5.28. The molecule has 0 aliphatic rings. The van der Waals surface area contributed by atoms with Crippen LogP contribution in [0.5, 0.6) is 0 Å². The lowest BCUT2D eigenvalue weighted by molar-refractivity contribution is -0.137. The molecule has 1 N–H and O–H groups in total. The van der Waals surface area contributed by atoms with Gasteiger partial charge in [0.05, 0.1) is 11.7 Å². The largest absolute Gasteiger partial charge is 0.416 e. The summed E-state index contributed by atoms with van der Waals surface area (Å²) in [6.07, 6.45) is -2.99. The molecule has 0 bridgehead atoms. The van der Waals surface area contributed by atoms with Crippen LogP contribution >= 0.6 is 0 Å². The van der Waals surface area contributed by atoms with Crippen molar-refractivity contribution in [3.05, 3.63) is 35.1 Å². The van der Waals surface area contributed by atoms with E-state index in [0.29, 0.717) is 18.6 Å². The zero-order valence-corrected chi connectivity index (χ0v) is 10.1. The molecule has 1 aromatic rings. The van der Waals surface area contributed by atoms with Crippen molar-refractivity contribution in [2.24, 2.45) is 0 Å². The number of unbranched alkanes of at least 4 members (excludes halogenated alkanes) is 2. The van der Waals surface area contributed by atoms with Crippen molar-refractivity contribution in [3.63, 3.8) is 0 Å². The van der Waals surface area contributed by atoms with E-state index in [2.05, 4.69) is 0 Å². The number of aliphatic hydroxyl groups excluding tert-OH is 1. The Morgan fingerprint density at radius 2 is 1.89 bits per heavy atom. The maximum atomic E-state index is 13.4. The second kappa shape index (κ2) is 6.18. The molecule has 1 rings (SSSR count). The molecule has 5 heteroatoms. The summed E-state index contributed by atoms with van der Waals surface area (Å²) < 4.78 is 50.8. The first-order valence-corrected chi connectivity index (χ1v) is 5.91. The average molecular weight is 264 g/mol. The van der Waals surface area contributed by atoms with Crippen LogP contribution in [0.3, 0.4) is 0 Å². The number of halogens is 4. The van der Waals surface area contributed by atoms with E-state index in [4.69, 9.17) is 0 Å². The number of hydrogen-bond acceptors (Lipinski definition) is 1. The first kappa shape index (κ1) is 15.0. The van der Waals surface area contributed by atoms with Crippen molar-refractivity contribution in [1.29, 1.82) is 0 Å². The van der Waals surface area contributed by atoms with Gasteiger partial charge in [-0.25, -0.2) is 4.39 Å². The van der Waals surface area contributed by atoms with E-state index in [1.54, 1.807) is 0 Å². The minimum Gasteiger partial charge on any atom is -0.388 e. The molecule has 0 fully saturated rings. The summed E-state index contributed by atoms with van der Waals surface area (Å²) in [5.74, 6) is -0.799. The van der Waals surface area contributed by atoms with Crippen LogP contribution in [0.2, 0.25) is 0 Å². The molecule has 0 amide bonds. The Kier molecular flexibility index (Phi) is 5.14. The van der Waals surface area contributed by atoms with Crippen LogP contribution in [-0.4, -0.2) is 5.11 Å². The van der Waals surface area contributed by atoms with Crippen LogP contribution in [0.4, 0.5) is 17.6 Å². The number of aliphatic hydroxyl groups is 1. The van der Waals surface area contributed by atoms with Gasteiger partial charge in [0, 0.05) is 5.56 Å². The van der Waals surface area contributed by atoms with Crippen LogP contribution in [0.25, 0.3) is 0 Å². The first-order chi connectivity index (χ1) is 8.36. The summed E-state index contributed by atoms with van der Waals surface area (Å²) >= 11 is 0. The summed E-state index contributed by atoms with van der Waals surface area (Å²) in [5, 5.41) is 9.71. The Morgan fingerprint density at radius 1 is 1.22 bits per heavy atom. The standard InChI is InChI=1S/C13H16F4O/c1-2-3-4-5-12(18)10-8-9(13(15,16)17)6-7-11(10)14/h6-8,12,18H,2-5H2,1H3. The minimum absolute atomic E-state index is 0.270. The third-order valence-corrected chi connectivity index (χ3v) is 2.76. The Hall–Kier alpha value is -1.10. The van der Waals surface area contributed by atoms with Crippen molar-refractivity contribution >= 4 is 0 Å². The van der Waals surface area contributed by atoms with E-state index in [1.807, 2.05) is 6.92 Å². The molecular formula is C13H16F4O.